The Bertz CT molecular complexity index is 815. The van der Waals surface area contributed by atoms with E-state index in [9.17, 15) is 13.2 Å². The van der Waals surface area contributed by atoms with Crippen LogP contribution in [0.3, 0.4) is 0 Å². The number of halogens is 2. The highest BCUT2D eigenvalue weighted by Gasteiger charge is 2.25. The van der Waals surface area contributed by atoms with Gasteiger partial charge in [0.2, 0.25) is 5.76 Å². The van der Waals surface area contributed by atoms with Crippen molar-refractivity contribution in [3.8, 4) is 0 Å². The average molecular weight is 486 g/mol. The summed E-state index contributed by atoms with van der Waals surface area (Å²) >= 11 is 5.04. The van der Waals surface area contributed by atoms with Crippen LogP contribution in [-0.2, 0) is 10.0 Å². The zero-order chi connectivity index (χ0) is 15.8. The number of rotatable bonds is 4. The number of furan rings is 1. The van der Waals surface area contributed by atoms with E-state index in [-0.39, 0.29) is 9.56 Å². The van der Waals surface area contributed by atoms with Gasteiger partial charge >= 0.3 is 5.97 Å². The fourth-order valence-electron chi connectivity index (χ4n) is 1.58. The fourth-order valence-corrected chi connectivity index (χ4v) is 4.30. The van der Waals surface area contributed by atoms with Gasteiger partial charge in [-0.2, -0.15) is 0 Å². The van der Waals surface area contributed by atoms with Gasteiger partial charge < -0.3 is 9.52 Å². The SMILES string of the molecule is Cc1cc(I)ccc1NS(=O)(=O)c1cc(C(=O)O)oc1Br. The van der Waals surface area contributed by atoms with Crippen molar-refractivity contribution in [3.05, 3.63) is 43.8 Å². The number of anilines is 1. The Kier molecular flexibility index (Phi) is 4.63. The second-order valence-corrected chi connectivity index (χ2v) is 7.74. The van der Waals surface area contributed by atoms with Gasteiger partial charge in [-0.1, -0.05) is 0 Å². The number of sulfonamides is 1. The quantitative estimate of drug-likeness (QED) is 0.646. The molecule has 1 heterocycles. The lowest BCUT2D eigenvalue weighted by Crippen LogP contribution is -2.13. The largest absolute Gasteiger partial charge is 0.475 e. The zero-order valence-corrected chi connectivity index (χ0v) is 15.1. The molecule has 21 heavy (non-hydrogen) atoms. The molecule has 2 N–H and O–H groups in total. The highest BCUT2D eigenvalue weighted by molar-refractivity contribution is 14.1. The van der Waals surface area contributed by atoms with Gasteiger partial charge in [0, 0.05) is 9.64 Å². The summed E-state index contributed by atoms with van der Waals surface area (Å²) in [5.74, 6) is -1.80. The van der Waals surface area contributed by atoms with Gasteiger partial charge in [0.1, 0.15) is 4.90 Å². The summed E-state index contributed by atoms with van der Waals surface area (Å²) in [6, 6.07) is 6.18. The Morgan fingerprint density at radius 2 is 2.05 bits per heavy atom. The van der Waals surface area contributed by atoms with E-state index in [1.54, 1.807) is 19.1 Å². The monoisotopic (exact) mass is 485 g/mol. The number of benzene rings is 1. The van der Waals surface area contributed by atoms with Gasteiger partial charge in [-0.25, -0.2) is 13.2 Å². The Balaban J connectivity index is 2.41. The molecule has 0 fully saturated rings. The van der Waals surface area contributed by atoms with Crippen LogP contribution in [0.15, 0.2) is 38.2 Å². The summed E-state index contributed by atoms with van der Waals surface area (Å²) in [7, 11) is -3.95. The number of nitrogens with one attached hydrogen (secondary N) is 1. The second kappa shape index (κ2) is 5.97. The molecule has 1 aromatic carbocycles. The average Bonchev–Trinajstić information content (AvgIpc) is 2.76. The lowest BCUT2D eigenvalue weighted by molar-refractivity contribution is 0.0661. The number of aromatic carboxylic acids is 1. The minimum absolute atomic E-state index is 0.157. The summed E-state index contributed by atoms with van der Waals surface area (Å²) in [5, 5.41) is 8.82. The predicted molar refractivity (Wildman–Crippen MR) is 88.1 cm³/mol. The van der Waals surface area contributed by atoms with Crippen LogP contribution in [0.1, 0.15) is 16.1 Å². The first-order valence-corrected chi connectivity index (χ1v) is 8.88. The van der Waals surface area contributed by atoms with Crippen molar-refractivity contribution in [1.29, 1.82) is 0 Å². The molecule has 0 aliphatic rings. The van der Waals surface area contributed by atoms with Crippen molar-refractivity contribution in [2.24, 2.45) is 0 Å². The third-order valence-corrected chi connectivity index (χ3v) is 5.48. The van der Waals surface area contributed by atoms with Crippen molar-refractivity contribution >= 4 is 60.2 Å². The molecule has 112 valence electrons. The van der Waals surface area contributed by atoms with Crippen molar-refractivity contribution in [1.82, 2.24) is 0 Å². The van der Waals surface area contributed by atoms with Crippen molar-refractivity contribution < 1.29 is 22.7 Å². The molecule has 0 aliphatic heterocycles. The van der Waals surface area contributed by atoms with Crippen LogP contribution in [-0.4, -0.2) is 19.5 Å². The molecule has 0 unspecified atom stereocenters. The summed E-state index contributed by atoms with van der Waals surface area (Å²) in [6.07, 6.45) is 0. The normalized spacial score (nSPS) is 11.4. The van der Waals surface area contributed by atoms with Crippen molar-refractivity contribution in [2.45, 2.75) is 11.8 Å². The molecule has 0 spiro atoms. The lowest BCUT2D eigenvalue weighted by atomic mass is 10.2. The Hall–Kier alpha value is -1.07. The van der Waals surface area contributed by atoms with Gasteiger partial charge in [-0.3, -0.25) is 4.72 Å². The molecule has 0 radical (unpaired) electrons. The van der Waals surface area contributed by atoms with Crippen molar-refractivity contribution in [2.75, 3.05) is 4.72 Å². The molecule has 0 bridgehead atoms. The van der Waals surface area contributed by atoms with Gasteiger partial charge in [0.15, 0.2) is 4.67 Å². The third kappa shape index (κ3) is 3.58. The molecule has 0 saturated heterocycles. The number of hydrogen-bond acceptors (Lipinski definition) is 4. The fraction of sp³-hybridized carbons (Fsp3) is 0.0833. The van der Waals surface area contributed by atoms with Crippen LogP contribution in [0.2, 0.25) is 0 Å². The van der Waals surface area contributed by atoms with Crippen LogP contribution in [0.25, 0.3) is 0 Å². The van der Waals surface area contributed by atoms with E-state index in [0.29, 0.717) is 5.69 Å². The second-order valence-electron chi connectivity index (χ2n) is 4.12. The van der Waals surface area contributed by atoms with E-state index in [2.05, 4.69) is 43.2 Å². The summed E-state index contributed by atoms with van der Waals surface area (Å²) in [4.78, 5) is 10.5. The van der Waals surface area contributed by atoms with Gasteiger partial charge in [0.25, 0.3) is 10.0 Å². The summed E-state index contributed by atoms with van der Waals surface area (Å²) < 4.78 is 32.7. The smallest absolute Gasteiger partial charge is 0.371 e. The predicted octanol–water partition coefficient (Wildman–Crippen LogP) is 3.45. The Morgan fingerprint density at radius 3 is 2.57 bits per heavy atom. The first kappa shape index (κ1) is 16.3. The number of aryl methyl sites for hydroxylation is 1. The number of carboxylic acid groups (broad SMARTS) is 1. The van der Waals surface area contributed by atoms with E-state index in [0.717, 1.165) is 15.2 Å². The Morgan fingerprint density at radius 1 is 1.38 bits per heavy atom. The summed E-state index contributed by atoms with van der Waals surface area (Å²) in [6.45, 7) is 1.77. The zero-order valence-electron chi connectivity index (χ0n) is 10.6. The third-order valence-electron chi connectivity index (χ3n) is 2.59. The van der Waals surface area contributed by atoms with E-state index in [1.165, 1.54) is 0 Å². The lowest BCUT2D eigenvalue weighted by Gasteiger charge is -2.09. The maximum atomic E-state index is 12.3. The van der Waals surface area contributed by atoms with Gasteiger partial charge in [-0.15, -0.1) is 0 Å². The molecule has 0 saturated carbocycles. The highest BCUT2D eigenvalue weighted by atomic mass is 127. The molecule has 0 atom stereocenters. The Labute approximate surface area is 142 Å². The first-order valence-electron chi connectivity index (χ1n) is 5.52. The first-order chi connectivity index (χ1) is 9.70. The van der Waals surface area contributed by atoms with Crippen LogP contribution in [0.5, 0.6) is 0 Å². The van der Waals surface area contributed by atoms with E-state index in [1.807, 2.05) is 6.07 Å². The maximum absolute atomic E-state index is 12.3. The standard InChI is InChI=1S/C12H9BrINO5S/c1-6-4-7(14)2-3-8(6)15-21(18,19)10-5-9(12(16)17)20-11(10)13/h2-5,15H,1H3,(H,16,17). The molecule has 2 aromatic rings. The van der Waals surface area contributed by atoms with E-state index in [4.69, 9.17) is 9.52 Å². The van der Waals surface area contributed by atoms with Gasteiger partial charge in [-0.05, 0) is 69.2 Å². The van der Waals surface area contributed by atoms with Gasteiger partial charge in [0.05, 0.1) is 5.69 Å². The topological polar surface area (TPSA) is 96.6 Å². The van der Waals surface area contributed by atoms with Crippen LogP contribution in [0.4, 0.5) is 5.69 Å². The molecule has 2 rings (SSSR count). The van der Waals surface area contributed by atoms with Crippen LogP contribution >= 0.6 is 38.5 Å². The molecule has 9 heteroatoms. The maximum Gasteiger partial charge on any atom is 0.371 e. The molecular formula is C12H9BrINO5S. The molecule has 6 nitrogen and oxygen atoms in total. The highest BCUT2D eigenvalue weighted by Crippen LogP contribution is 2.29. The number of carboxylic acids is 1. The number of hydrogen-bond donors (Lipinski definition) is 2. The van der Waals surface area contributed by atoms with Crippen molar-refractivity contribution in [3.63, 3.8) is 0 Å². The molecule has 1 aromatic heterocycles. The molecule has 0 amide bonds. The summed E-state index contributed by atoms with van der Waals surface area (Å²) in [5.41, 5.74) is 1.17. The minimum atomic E-state index is -3.95. The minimum Gasteiger partial charge on any atom is -0.475 e. The molecule has 0 aliphatic carbocycles. The number of carbonyl (C=O) groups is 1. The van der Waals surface area contributed by atoms with E-state index < -0.39 is 21.8 Å². The molecular weight excluding hydrogens is 477 g/mol. The van der Waals surface area contributed by atoms with Crippen LogP contribution in [0, 0.1) is 10.5 Å². The van der Waals surface area contributed by atoms with Crippen LogP contribution < -0.4 is 4.72 Å². The van der Waals surface area contributed by atoms with E-state index >= 15 is 0 Å².